The van der Waals surface area contributed by atoms with Gasteiger partial charge in [0.1, 0.15) is 5.82 Å². The molecule has 2 heterocycles. The van der Waals surface area contributed by atoms with E-state index in [1.165, 1.54) is 11.6 Å². The molecule has 2 aromatic carbocycles. The normalized spacial score (nSPS) is 14.7. The lowest BCUT2D eigenvalue weighted by molar-refractivity contribution is -0.122. The Morgan fingerprint density at radius 1 is 1.07 bits per heavy atom. The minimum Gasteiger partial charge on any atom is -0.351 e. The van der Waals surface area contributed by atoms with Gasteiger partial charge in [0, 0.05) is 45.1 Å². The van der Waals surface area contributed by atoms with Gasteiger partial charge in [-0.05, 0) is 24.6 Å². The third-order valence-corrected chi connectivity index (χ3v) is 5.37. The van der Waals surface area contributed by atoms with Gasteiger partial charge in [0.2, 0.25) is 11.9 Å². The number of halogens is 1. The van der Waals surface area contributed by atoms with Gasteiger partial charge < -0.3 is 10.2 Å². The monoisotopic (exact) mass is 407 g/mol. The second-order valence-corrected chi connectivity index (χ2v) is 7.57. The first-order valence-corrected chi connectivity index (χ1v) is 10.2. The van der Waals surface area contributed by atoms with E-state index in [0.29, 0.717) is 18.8 Å². The highest BCUT2D eigenvalue weighted by Gasteiger charge is 2.22. The number of hydrogen-bond acceptors (Lipinski definition) is 4. The Hall–Kier alpha value is -3.19. The number of anilines is 1. The van der Waals surface area contributed by atoms with E-state index in [1.54, 1.807) is 29.1 Å². The first kappa shape index (κ1) is 20.1. The zero-order valence-corrected chi connectivity index (χ0v) is 17.1. The van der Waals surface area contributed by atoms with Crippen LogP contribution in [0.15, 0.2) is 60.9 Å². The summed E-state index contributed by atoms with van der Waals surface area (Å²) in [6.07, 6.45) is 3.46. The first-order valence-electron chi connectivity index (χ1n) is 10.2. The molecule has 1 aliphatic rings. The SMILES string of the molecule is Cc1ccc(CNC(=O)CN2CCN(c3nccn3-c3ccccc3F)CC2)cc1. The van der Waals surface area contributed by atoms with Crippen molar-refractivity contribution >= 4 is 11.9 Å². The number of nitrogens with one attached hydrogen (secondary N) is 1. The molecule has 0 radical (unpaired) electrons. The number of rotatable bonds is 6. The maximum atomic E-state index is 14.2. The average Bonchev–Trinajstić information content (AvgIpc) is 3.24. The zero-order valence-electron chi connectivity index (χ0n) is 17.1. The van der Waals surface area contributed by atoms with Crippen molar-refractivity contribution < 1.29 is 9.18 Å². The highest BCUT2D eigenvalue weighted by molar-refractivity contribution is 5.78. The number of amides is 1. The number of piperazine rings is 1. The van der Waals surface area contributed by atoms with Crippen LogP contribution in [0.1, 0.15) is 11.1 Å². The zero-order chi connectivity index (χ0) is 20.9. The molecule has 0 saturated carbocycles. The Kier molecular flexibility index (Phi) is 6.09. The predicted octanol–water partition coefficient (Wildman–Crippen LogP) is 2.76. The van der Waals surface area contributed by atoms with Gasteiger partial charge >= 0.3 is 0 Å². The quantitative estimate of drug-likeness (QED) is 0.683. The molecule has 1 aliphatic heterocycles. The van der Waals surface area contributed by atoms with E-state index < -0.39 is 0 Å². The molecule has 7 heteroatoms. The fourth-order valence-corrected chi connectivity index (χ4v) is 3.64. The van der Waals surface area contributed by atoms with E-state index in [2.05, 4.69) is 20.1 Å². The molecular formula is C23H26FN5O. The van der Waals surface area contributed by atoms with Crippen molar-refractivity contribution in [1.29, 1.82) is 0 Å². The molecule has 30 heavy (non-hydrogen) atoms. The second-order valence-electron chi connectivity index (χ2n) is 7.57. The summed E-state index contributed by atoms with van der Waals surface area (Å²) in [7, 11) is 0. The fourth-order valence-electron chi connectivity index (χ4n) is 3.64. The van der Waals surface area contributed by atoms with Crippen LogP contribution in [0.5, 0.6) is 0 Å². The Morgan fingerprint density at radius 3 is 2.53 bits per heavy atom. The molecule has 0 spiro atoms. The summed E-state index contributed by atoms with van der Waals surface area (Å²) in [6, 6.07) is 14.9. The molecule has 3 aromatic rings. The van der Waals surface area contributed by atoms with Crippen LogP contribution in [0, 0.1) is 12.7 Å². The lowest BCUT2D eigenvalue weighted by Crippen LogP contribution is -2.50. The Labute approximate surface area is 175 Å². The number of nitrogens with zero attached hydrogens (tertiary/aromatic N) is 4. The lowest BCUT2D eigenvalue weighted by atomic mass is 10.1. The number of hydrogen-bond donors (Lipinski definition) is 1. The first-order chi connectivity index (χ1) is 14.6. The van der Waals surface area contributed by atoms with Crippen molar-refractivity contribution in [2.75, 3.05) is 37.6 Å². The highest BCUT2D eigenvalue weighted by atomic mass is 19.1. The molecule has 1 fully saturated rings. The molecular weight excluding hydrogens is 381 g/mol. The Morgan fingerprint density at radius 2 is 1.80 bits per heavy atom. The van der Waals surface area contributed by atoms with Crippen LogP contribution >= 0.6 is 0 Å². The van der Waals surface area contributed by atoms with E-state index in [-0.39, 0.29) is 11.7 Å². The van der Waals surface area contributed by atoms with Gasteiger partial charge in [-0.15, -0.1) is 0 Å². The van der Waals surface area contributed by atoms with Crippen LogP contribution in [0.4, 0.5) is 10.3 Å². The van der Waals surface area contributed by atoms with Gasteiger partial charge in [-0.3, -0.25) is 14.3 Å². The van der Waals surface area contributed by atoms with Gasteiger partial charge in [0.05, 0.1) is 12.2 Å². The Balaban J connectivity index is 1.29. The lowest BCUT2D eigenvalue weighted by Gasteiger charge is -2.35. The summed E-state index contributed by atoms with van der Waals surface area (Å²) in [5.74, 6) is 0.473. The standard InChI is InChI=1S/C23H26FN5O/c1-18-6-8-19(9-7-18)16-26-22(30)17-27-12-14-28(15-13-27)23-25-10-11-29(23)21-5-3-2-4-20(21)24/h2-11H,12-17H2,1H3,(H,26,30). The minimum absolute atomic E-state index is 0.0249. The summed E-state index contributed by atoms with van der Waals surface area (Å²) in [5, 5.41) is 2.99. The number of carbonyl (C=O) groups excluding carboxylic acids is 1. The summed E-state index contributed by atoms with van der Waals surface area (Å²) in [5.41, 5.74) is 2.79. The molecule has 1 N–H and O–H groups in total. The molecule has 1 aromatic heterocycles. The van der Waals surface area contributed by atoms with Crippen molar-refractivity contribution in [3.63, 3.8) is 0 Å². The van der Waals surface area contributed by atoms with Crippen LogP contribution in [0.3, 0.4) is 0 Å². The maximum absolute atomic E-state index is 14.2. The van der Waals surface area contributed by atoms with Crippen LogP contribution in [0.2, 0.25) is 0 Å². The van der Waals surface area contributed by atoms with Crippen LogP contribution in [-0.2, 0) is 11.3 Å². The predicted molar refractivity (Wildman–Crippen MR) is 115 cm³/mol. The van der Waals surface area contributed by atoms with Crippen molar-refractivity contribution in [1.82, 2.24) is 19.8 Å². The average molecular weight is 407 g/mol. The van der Waals surface area contributed by atoms with Gasteiger partial charge in [-0.2, -0.15) is 0 Å². The Bertz CT molecular complexity index is 993. The fraction of sp³-hybridized carbons (Fsp3) is 0.304. The number of aromatic nitrogens is 2. The van der Waals surface area contributed by atoms with Crippen LogP contribution < -0.4 is 10.2 Å². The molecule has 1 saturated heterocycles. The summed E-state index contributed by atoms with van der Waals surface area (Å²) < 4.78 is 16.0. The molecule has 0 unspecified atom stereocenters. The van der Waals surface area contributed by atoms with E-state index in [9.17, 15) is 9.18 Å². The van der Waals surface area contributed by atoms with Gasteiger partial charge in [-0.25, -0.2) is 9.37 Å². The molecule has 156 valence electrons. The number of aryl methyl sites for hydroxylation is 1. The largest absolute Gasteiger partial charge is 0.351 e. The van der Waals surface area contributed by atoms with Crippen molar-refractivity contribution in [3.05, 3.63) is 77.9 Å². The van der Waals surface area contributed by atoms with Crippen LogP contribution in [0.25, 0.3) is 5.69 Å². The van der Waals surface area contributed by atoms with E-state index in [0.717, 1.165) is 37.7 Å². The third-order valence-electron chi connectivity index (χ3n) is 5.37. The number of benzene rings is 2. The number of carbonyl (C=O) groups is 1. The topological polar surface area (TPSA) is 53.4 Å². The molecule has 6 nitrogen and oxygen atoms in total. The van der Waals surface area contributed by atoms with Crippen LogP contribution in [-0.4, -0.2) is 53.1 Å². The molecule has 0 atom stereocenters. The summed E-state index contributed by atoms with van der Waals surface area (Å²) >= 11 is 0. The van der Waals surface area contributed by atoms with Crippen molar-refractivity contribution in [3.8, 4) is 5.69 Å². The molecule has 4 rings (SSSR count). The summed E-state index contributed by atoms with van der Waals surface area (Å²) in [4.78, 5) is 21.0. The minimum atomic E-state index is -0.277. The number of imidazole rings is 1. The third kappa shape index (κ3) is 4.68. The number of para-hydroxylation sites is 1. The van der Waals surface area contributed by atoms with Gasteiger partial charge in [-0.1, -0.05) is 42.0 Å². The second kappa shape index (κ2) is 9.09. The van der Waals surface area contributed by atoms with E-state index in [1.807, 2.05) is 37.3 Å². The maximum Gasteiger partial charge on any atom is 0.234 e. The molecule has 1 amide bonds. The molecule has 0 bridgehead atoms. The highest BCUT2D eigenvalue weighted by Crippen LogP contribution is 2.21. The smallest absolute Gasteiger partial charge is 0.234 e. The van der Waals surface area contributed by atoms with E-state index in [4.69, 9.17) is 0 Å². The van der Waals surface area contributed by atoms with Gasteiger partial charge in [0.15, 0.2) is 0 Å². The van der Waals surface area contributed by atoms with Crippen molar-refractivity contribution in [2.24, 2.45) is 0 Å². The van der Waals surface area contributed by atoms with Gasteiger partial charge in [0.25, 0.3) is 0 Å². The summed E-state index contributed by atoms with van der Waals surface area (Å²) in [6.45, 7) is 5.93. The molecule has 0 aliphatic carbocycles. The van der Waals surface area contributed by atoms with Crippen molar-refractivity contribution in [2.45, 2.75) is 13.5 Å². The van der Waals surface area contributed by atoms with E-state index >= 15 is 0 Å².